The minimum atomic E-state index is -4.42. The van der Waals surface area contributed by atoms with Gasteiger partial charge < -0.3 is 10.1 Å². The van der Waals surface area contributed by atoms with E-state index in [9.17, 15) is 22.8 Å². The maximum absolute atomic E-state index is 12.9. The van der Waals surface area contributed by atoms with E-state index in [0.717, 1.165) is 46.5 Å². The molecule has 1 aliphatic heterocycles. The first-order valence-electron chi connectivity index (χ1n) is 11.0. The summed E-state index contributed by atoms with van der Waals surface area (Å²) in [6.45, 7) is 2.16. The molecule has 4 rings (SSSR count). The average molecular weight is 564 g/mol. The zero-order chi connectivity index (χ0) is 26.6. The molecule has 0 aliphatic carbocycles. The highest BCUT2D eigenvalue weighted by Gasteiger charge is 2.33. The molecule has 1 saturated heterocycles. The first-order chi connectivity index (χ1) is 17.6. The Morgan fingerprint density at radius 3 is 2.68 bits per heavy atom. The van der Waals surface area contributed by atoms with E-state index in [-0.39, 0.29) is 28.3 Å². The second-order valence-electron chi connectivity index (χ2n) is 7.82. The Morgan fingerprint density at radius 2 is 1.97 bits per heavy atom. The van der Waals surface area contributed by atoms with Crippen LogP contribution in [0.1, 0.15) is 28.5 Å². The summed E-state index contributed by atoms with van der Waals surface area (Å²) in [5.74, 6) is -0.133. The average Bonchev–Trinajstić information content (AvgIpc) is 3.39. The Morgan fingerprint density at radius 1 is 1.22 bits per heavy atom. The minimum absolute atomic E-state index is 0.239. The van der Waals surface area contributed by atoms with Crippen molar-refractivity contribution < 1.29 is 27.5 Å². The zero-order valence-electron chi connectivity index (χ0n) is 19.4. The number of halogens is 3. The van der Waals surface area contributed by atoms with Gasteiger partial charge in [0.2, 0.25) is 5.91 Å². The van der Waals surface area contributed by atoms with Gasteiger partial charge in [0.25, 0.3) is 5.91 Å². The molecule has 0 bridgehead atoms. The van der Waals surface area contributed by atoms with Gasteiger partial charge in [0, 0.05) is 17.5 Å². The molecule has 6 nitrogen and oxygen atoms in total. The summed E-state index contributed by atoms with van der Waals surface area (Å²) in [5, 5.41) is 2.91. The number of nitrogens with zero attached hydrogens (tertiary/aromatic N) is 2. The summed E-state index contributed by atoms with van der Waals surface area (Å²) >= 11 is 7.56. The molecule has 2 amide bonds. The molecule has 12 heteroatoms. The van der Waals surface area contributed by atoms with Crippen molar-refractivity contribution in [2.75, 3.05) is 18.5 Å². The highest BCUT2D eigenvalue weighted by Crippen LogP contribution is 2.33. The normalized spacial score (nSPS) is 14.9. The molecule has 1 aromatic heterocycles. The van der Waals surface area contributed by atoms with Gasteiger partial charge in [-0.05, 0) is 42.3 Å². The number of rotatable bonds is 8. The minimum Gasteiger partial charge on any atom is -0.494 e. The molecule has 0 saturated carbocycles. The molecular weight excluding hydrogens is 543 g/mol. The van der Waals surface area contributed by atoms with Gasteiger partial charge in [0.1, 0.15) is 16.6 Å². The van der Waals surface area contributed by atoms with E-state index in [0.29, 0.717) is 22.0 Å². The lowest BCUT2D eigenvalue weighted by Crippen LogP contribution is -2.36. The largest absolute Gasteiger partial charge is 0.494 e. The van der Waals surface area contributed by atoms with Crippen molar-refractivity contribution in [1.29, 1.82) is 0 Å². The van der Waals surface area contributed by atoms with Gasteiger partial charge in [-0.2, -0.15) is 13.2 Å². The molecule has 0 spiro atoms. The number of thioether (sulfide) groups is 1. The van der Waals surface area contributed by atoms with E-state index in [2.05, 4.69) is 10.3 Å². The lowest BCUT2D eigenvalue weighted by atomic mass is 10.1. The summed E-state index contributed by atoms with van der Waals surface area (Å²) in [6, 6.07) is 12.3. The first-order valence-corrected chi connectivity index (χ1v) is 13.1. The van der Waals surface area contributed by atoms with Gasteiger partial charge >= 0.3 is 6.18 Å². The maximum Gasteiger partial charge on any atom is 0.416 e. The number of carbonyl (C=O) groups excluding carboxylic acids is 2. The summed E-state index contributed by atoms with van der Waals surface area (Å²) < 4.78 is 44.5. The number of thiocarbonyl (C=S) groups is 1. The van der Waals surface area contributed by atoms with Crippen LogP contribution in [-0.2, 0) is 22.2 Å². The molecule has 1 fully saturated rings. The second-order valence-corrected chi connectivity index (χ2v) is 10.6. The van der Waals surface area contributed by atoms with Crippen LogP contribution in [0.5, 0.6) is 5.75 Å². The predicted octanol–water partition coefficient (Wildman–Crippen LogP) is 5.99. The van der Waals surface area contributed by atoms with E-state index in [1.165, 1.54) is 17.2 Å². The van der Waals surface area contributed by atoms with Crippen LogP contribution in [0.4, 0.5) is 18.3 Å². The smallest absolute Gasteiger partial charge is 0.416 e. The molecule has 2 aromatic carbocycles. The third kappa shape index (κ3) is 6.96. The molecule has 0 radical (unpaired) electrons. The monoisotopic (exact) mass is 563 g/mol. The van der Waals surface area contributed by atoms with Gasteiger partial charge in [0.15, 0.2) is 5.13 Å². The van der Waals surface area contributed by atoms with Gasteiger partial charge in [-0.1, -0.05) is 54.3 Å². The van der Waals surface area contributed by atoms with Crippen LogP contribution >= 0.6 is 35.3 Å². The van der Waals surface area contributed by atoms with Crippen molar-refractivity contribution in [3.05, 3.63) is 81.2 Å². The molecule has 0 atom stereocenters. The van der Waals surface area contributed by atoms with Gasteiger partial charge in [-0.15, -0.1) is 11.3 Å². The lowest BCUT2D eigenvalue weighted by Gasteiger charge is -2.13. The molecule has 1 aliphatic rings. The molecule has 1 N–H and O–H groups in total. The fraction of sp³-hybridized carbons (Fsp3) is 0.200. The highest BCUT2D eigenvalue weighted by molar-refractivity contribution is 8.26. The second kappa shape index (κ2) is 11.4. The fourth-order valence-electron chi connectivity index (χ4n) is 3.42. The van der Waals surface area contributed by atoms with Crippen LogP contribution in [0, 0.1) is 0 Å². The van der Waals surface area contributed by atoms with Crippen LogP contribution < -0.4 is 10.1 Å². The third-order valence-electron chi connectivity index (χ3n) is 5.10. The van der Waals surface area contributed by atoms with Gasteiger partial charge in [-0.3, -0.25) is 14.5 Å². The van der Waals surface area contributed by atoms with Crippen LogP contribution in [0.25, 0.3) is 6.08 Å². The van der Waals surface area contributed by atoms with Crippen molar-refractivity contribution in [2.45, 2.75) is 19.5 Å². The number of benzene rings is 2. The summed E-state index contributed by atoms with van der Waals surface area (Å²) in [4.78, 5) is 31.8. The van der Waals surface area contributed by atoms with E-state index in [4.69, 9.17) is 17.0 Å². The van der Waals surface area contributed by atoms with Gasteiger partial charge in [-0.25, -0.2) is 4.98 Å². The number of anilines is 1. The summed E-state index contributed by atoms with van der Waals surface area (Å²) in [7, 11) is 0. The quantitative estimate of drug-likeness (QED) is 0.268. The number of alkyl halides is 3. The first kappa shape index (κ1) is 26.8. The van der Waals surface area contributed by atoms with E-state index in [1.54, 1.807) is 24.3 Å². The number of carbonyl (C=O) groups is 2. The van der Waals surface area contributed by atoms with Gasteiger partial charge in [0.05, 0.1) is 17.1 Å². The third-order valence-corrected chi connectivity index (χ3v) is 7.39. The maximum atomic E-state index is 12.9. The summed E-state index contributed by atoms with van der Waals surface area (Å²) in [6.07, 6.45) is -0.978. The number of amides is 2. The molecule has 192 valence electrons. The number of hydrogen-bond acceptors (Lipinski definition) is 7. The molecular formula is C25H20F3N3O3S3. The number of ether oxygens (including phenoxy) is 1. The Labute approximate surface area is 224 Å². The SMILES string of the molecule is CCOc1ccc(C=C2SC(=S)N(CC(=O)Nc3ncc(Cc4cccc(C(F)(F)F)c4)s3)C2=O)cc1. The predicted molar refractivity (Wildman–Crippen MR) is 142 cm³/mol. The van der Waals surface area contributed by atoms with Crippen LogP contribution in [0.3, 0.4) is 0 Å². The van der Waals surface area contributed by atoms with Crippen molar-refractivity contribution in [2.24, 2.45) is 0 Å². The molecule has 2 heterocycles. The molecule has 0 unspecified atom stereocenters. The van der Waals surface area contributed by atoms with Crippen molar-refractivity contribution >= 4 is 62.7 Å². The fourth-order valence-corrected chi connectivity index (χ4v) is 5.54. The van der Waals surface area contributed by atoms with Crippen molar-refractivity contribution in [3.63, 3.8) is 0 Å². The number of aromatic nitrogens is 1. The van der Waals surface area contributed by atoms with Crippen molar-refractivity contribution in [3.8, 4) is 5.75 Å². The number of nitrogens with one attached hydrogen (secondary N) is 1. The van der Waals surface area contributed by atoms with E-state index < -0.39 is 17.6 Å². The Hall–Kier alpha value is -3.22. The van der Waals surface area contributed by atoms with E-state index in [1.807, 2.05) is 19.1 Å². The van der Waals surface area contributed by atoms with Crippen LogP contribution in [0.15, 0.2) is 59.6 Å². The summed E-state index contributed by atoms with van der Waals surface area (Å²) in [5.41, 5.74) is 0.556. The lowest BCUT2D eigenvalue weighted by molar-refractivity contribution is -0.137. The number of thiazole rings is 1. The van der Waals surface area contributed by atoms with Crippen LogP contribution in [0.2, 0.25) is 0 Å². The number of hydrogen-bond donors (Lipinski definition) is 1. The van der Waals surface area contributed by atoms with E-state index >= 15 is 0 Å². The Kier molecular flexibility index (Phi) is 8.30. The molecule has 37 heavy (non-hydrogen) atoms. The topological polar surface area (TPSA) is 71.5 Å². The Balaban J connectivity index is 1.35. The van der Waals surface area contributed by atoms with Crippen molar-refractivity contribution in [1.82, 2.24) is 9.88 Å². The Bertz CT molecular complexity index is 1350. The standard InChI is InChI=1S/C25H20F3N3O3S3/c1-2-34-18-8-6-15(7-9-18)12-20-22(33)31(24(35)37-20)14-21(32)30-23-29-13-19(36-23)11-16-4-3-5-17(10-16)25(26,27)28/h3-10,12-13H,2,11,14H2,1H3,(H,29,30,32). The zero-order valence-corrected chi connectivity index (χ0v) is 21.8. The molecule has 3 aromatic rings. The highest BCUT2D eigenvalue weighted by atomic mass is 32.2. The van der Waals surface area contributed by atoms with Crippen LogP contribution in [-0.4, -0.2) is 39.2 Å².